The molecule has 0 saturated carbocycles. The Labute approximate surface area is 442 Å². The Kier molecular flexibility index (Phi) is 32.9. The number of urea groups is 2. The maximum Gasteiger partial charge on any atom is 0.373 e. The van der Waals surface area contributed by atoms with Crippen LogP contribution in [-0.2, 0) is 78.2 Å². The standard InChI is InChI=1S/C29H46N2O7.C22H40N2O7.2CO2/c1-27(2,3)22(16-18-24(33)37-28(4,5)6)31-26(35)30-21(25(34)38-29(7,8)9)15-17-23(32)36-19-20-13-11-10-12-14-20;1-20(2,3)15(11-13-17(27)30-21(4,5)6)24-19(29)23-14(10-12-16(25)26)18(28)31-22(7,8)9;2*2-1-3/h10-14,21-22H,15-19H2,1-9H3,(H2,30,31,35);14-15H,10-13H2,1-9H3,(H,25,26)(H2,23,24,29);;/t21-,22-;14-,15-;;/m00../s1. The van der Waals surface area contributed by atoms with Crippen molar-refractivity contribution < 1.29 is 86.3 Å². The van der Waals surface area contributed by atoms with Gasteiger partial charge in [0.05, 0.1) is 0 Å². The minimum absolute atomic E-state index is 0.00799. The normalized spacial score (nSPS) is 13.0. The van der Waals surface area contributed by atoms with E-state index in [0.717, 1.165) is 5.56 Å². The number of esters is 5. The average molecular weight is 1070 g/mol. The third-order valence-corrected chi connectivity index (χ3v) is 9.34. The fraction of sp³-hybridized carbons (Fsp3) is 0.698. The van der Waals surface area contributed by atoms with Crippen LogP contribution in [0.15, 0.2) is 30.3 Å². The fourth-order valence-corrected chi connectivity index (χ4v) is 6.05. The van der Waals surface area contributed by atoms with Gasteiger partial charge < -0.3 is 50.1 Å². The smallest absolute Gasteiger partial charge is 0.373 e. The Morgan fingerprint density at radius 3 is 1.05 bits per heavy atom. The molecule has 75 heavy (non-hydrogen) atoms. The molecule has 22 nitrogen and oxygen atoms in total. The summed E-state index contributed by atoms with van der Waals surface area (Å²) >= 11 is 0. The molecule has 0 saturated heterocycles. The second-order valence-corrected chi connectivity index (χ2v) is 23.3. The first-order chi connectivity index (χ1) is 34.0. The van der Waals surface area contributed by atoms with Gasteiger partial charge in [0.15, 0.2) is 0 Å². The van der Waals surface area contributed by atoms with E-state index in [2.05, 4.69) is 21.3 Å². The Morgan fingerprint density at radius 1 is 0.453 bits per heavy atom. The lowest BCUT2D eigenvalue weighted by Crippen LogP contribution is -2.53. The number of carboxylic acid groups (broad SMARTS) is 1. The van der Waals surface area contributed by atoms with Crippen molar-refractivity contribution in [3.05, 3.63) is 35.9 Å². The number of rotatable bonds is 20. The molecule has 0 aliphatic carbocycles. The average Bonchev–Trinajstić information content (AvgIpc) is 3.21. The van der Waals surface area contributed by atoms with E-state index in [-0.39, 0.29) is 86.2 Å². The molecule has 0 unspecified atom stereocenters. The number of carboxylic acids is 1. The van der Waals surface area contributed by atoms with Crippen molar-refractivity contribution in [2.75, 3.05) is 0 Å². The van der Waals surface area contributed by atoms with E-state index >= 15 is 0 Å². The van der Waals surface area contributed by atoms with Crippen LogP contribution in [0.25, 0.3) is 0 Å². The molecule has 4 atom stereocenters. The zero-order chi connectivity index (χ0) is 59.2. The number of nitrogens with one attached hydrogen (secondary N) is 4. The summed E-state index contributed by atoms with van der Waals surface area (Å²) in [5, 5.41) is 19.8. The predicted octanol–water partition coefficient (Wildman–Crippen LogP) is 7.29. The number of hydrogen-bond donors (Lipinski definition) is 5. The molecule has 1 rings (SSSR count). The molecular formula is C53H86N4O18. The van der Waals surface area contributed by atoms with Crippen LogP contribution in [0.2, 0.25) is 0 Å². The summed E-state index contributed by atoms with van der Waals surface area (Å²) in [6.07, 6.45) is 0.969. The first-order valence-corrected chi connectivity index (χ1v) is 24.4. The molecule has 0 aromatic heterocycles. The Balaban J connectivity index is -0.00000127. The van der Waals surface area contributed by atoms with Gasteiger partial charge in [-0.3, -0.25) is 19.2 Å². The molecule has 0 spiro atoms. The summed E-state index contributed by atoms with van der Waals surface area (Å²) < 4.78 is 26.8. The van der Waals surface area contributed by atoms with Gasteiger partial charge >= 0.3 is 60.2 Å². The summed E-state index contributed by atoms with van der Waals surface area (Å²) in [4.78, 5) is 131. The molecule has 0 aliphatic rings. The summed E-state index contributed by atoms with van der Waals surface area (Å²) in [7, 11) is 0. The van der Waals surface area contributed by atoms with Crippen molar-refractivity contribution in [3.8, 4) is 0 Å². The van der Waals surface area contributed by atoms with Crippen LogP contribution in [0.4, 0.5) is 9.59 Å². The highest BCUT2D eigenvalue weighted by molar-refractivity contribution is 5.85. The first kappa shape index (κ1) is 72.6. The van der Waals surface area contributed by atoms with E-state index in [0.29, 0.717) is 12.8 Å². The number of amides is 4. The topological polar surface area (TPSA) is 319 Å². The van der Waals surface area contributed by atoms with Crippen molar-refractivity contribution in [1.29, 1.82) is 0 Å². The number of ether oxygens (including phenoxy) is 5. The second-order valence-electron chi connectivity index (χ2n) is 23.3. The largest absolute Gasteiger partial charge is 0.481 e. The third kappa shape index (κ3) is 42.4. The number of aliphatic carboxylic acids is 1. The molecule has 0 radical (unpaired) electrons. The Bertz CT molecular complexity index is 2010. The highest BCUT2D eigenvalue weighted by Gasteiger charge is 2.33. The van der Waals surface area contributed by atoms with Gasteiger partial charge in [0, 0.05) is 37.8 Å². The van der Waals surface area contributed by atoms with Crippen LogP contribution in [0, 0.1) is 10.8 Å². The van der Waals surface area contributed by atoms with Gasteiger partial charge in [0.1, 0.15) is 41.1 Å². The van der Waals surface area contributed by atoms with Gasteiger partial charge in [-0.25, -0.2) is 19.2 Å². The van der Waals surface area contributed by atoms with Crippen molar-refractivity contribution >= 4 is 60.2 Å². The number of hydrogen-bond acceptors (Lipinski definition) is 17. The maximum atomic E-state index is 12.9. The highest BCUT2D eigenvalue weighted by atomic mass is 16.6. The van der Waals surface area contributed by atoms with Crippen LogP contribution in [-0.4, -0.2) is 112 Å². The number of carbonyl (C=O) groups excluding carboxylic acids is 11. The molecule has 5 N–H and O–H groups in total. The van der Waals surface area contributed by atoms with Gasteiger partial charge in [-0.2, -0.15) is 19.2 Å². The molecule has 22 heteroatoms. The van der Waals surface area contributed by atoms with Crippen LogP contribution in [0.5, 0.6) is 0 Å². The van der Waals surface area contributed by atoms with E-state index < -0.39 is 76.5 Å². The quantitative estimate of drug-likeness (QED) is 0.0632. The van der Waals surface area contributed by atoms with Gasteiger partial charge in [-0.15, -0.1) is 0 Å². The van der Waals surface area contributed by atoms with Gasteiger partial charge in [-0.1, -0.05) is 71.9 Å². The predicted molar refractivity (Wildman–Crippen MR) is 272 cm³/mol. The first-order valence-electron chi connectivity index (χ1n) is 24.4. The van der Waals surface area contributed by atoms with E-state index in [9.17, 15) is 38.4 Å². The molecule has 0 aliphatic heterocycles. The summed E-state index contributed by atoms with van der Waals surface area (Å²) in [5.74, 6) is -3.64. The lowest BCUT2D eigenvalue weighted by Gasteiger charge is -2.32. The van der Waals surface area contributed by atoms with E-state index in [1.165, 1.54) is 0 Å². The van der Waals surface area contributed by atoms with Gasteiger partial charge in [0.25, 0.3) is 0 Å². The summed E-state index contributed by atoms with van der Waals surface area (Å²) in [5.41, 5.74) is -2.64. The highest BCUT2D eigenvalue weighted by Crippen LogP contribution is 2.25. The Hall–Kier alpha value is -6.66. The summed E-state index contributed by atoms with van der Waals surface area (Å²) in [6.45, 7) is 32.7. The van der Waals surface area contributed by atoms with Crippen LogP contribution in [0.1, 0.15) is 182 Å². The van der Waals surface area contributed by atoms with Crippen molar-refractivity contribution in [3.63, 3.8) is 0 Å². The third-order valence-electron chi connectivity index (χ3n) is 9.34. The molecule has 0 bridgehead atoms. The maximum absolute atomic E-state index is 12.9. The molecule has 1 aromatic rings. The number of carbonyl (C=O) groups is 8. The van der Waals surface area contributed by atoms with Crippen molar-refractivity contribution in [1.82, 2.24) is 21.3 Å². The molecule has 426 valence electrons. The van der Waals surface area contributed by atoms with Crippen LogP contribution in [0.3, 0.4) is 0 Å². The number of benzene rings is 1. The lowest BCUT2D eigenvalue weighted by molar-refractivity contribution is -0.193. The zero-order valence-corrected chi connectivity index (χ0v) is 47.4. The molecular weight excluding hydrogens is 981 g/mol. The van der Waals surface area contributed by atoms with Crippen LogP contribution >= 0.6 is 0 Å². The lowest BCUT2D eigenvalue weighted by atomic mass is 9.84. The zero-order valence-electron chi connectivity index (χ0n) is 47.4. The monoisotopic (exact) mass is 1070 g/mol. The molecule has 0 heterocycles. The molecule has 4 amide bonds. The SMILES string of the molecule is CC(C)(C)OC(=O)CC[C@H](NC(=O)N[C@@H](CCC(=O)O)C(=O)OC(C)(C)C)C(C)(C)C.CC(C)(C)OC(=O)CC[C@H](NC(=O)N[C@@H](CCC(=O)OCc1ccccc1)C(=O)OC(C)(C)C)C(C)(C)C.O=C=O.O=C=O. The van der Waals surface area contributed by atoms with Gasteiger partial charge in [-0.05, 0) is 125 Å². The minimum atomic E-state index is -1.11. The van der Waals surface area contributed by atoms with E-state index in [4.69, 9.17) is 48.0 Å². The van der Waals surface area contributed by atoms with Crippen LogP contribution < -0.4 is 21.3 Å². The van der Waals surface area contributed by atoms with Crippen molar-refractivity contribution in [2.45, 2.75) is 229 Å². The molecule has 1 aromatic carbocycles. The molecule has 0 fully saturated rings. The van der Waals surface area contributed by atoms with Gasteiger partial charge in [0.2, 0.25) is 0 Å². The minimum Gasteiger partial charge on any atom is -0.481 e. The van der Waals surface area contributed by atoms with Crippen molar-refractivity contribution in [2.24, 2.45) is 10.8 Å². The second kappa shape index (κ2) is 34.0. The van der Waals surface area contributed by atoms with E-state index in [1.807, 2.05) is 71.9 Å². The summed E-state index contributed by atoms with van der Waals surface area (Å²) in [6, 6.07) is 5.08. The van der Waals surface area contributed by atoms with E-state index in [1.54, 1.807) is 83.1 Å². The Morgan fingerprint density at radius 2 is 0.760 bits per heavy atom. The fourth-order valence-electron chi connectivity index (χ4n) is 6.05.